The van der Waals surface area contributed by atoms with E-state index < -0.39 is 0 Å². The first-order valence-electron chi connectivity index (χ1n) is 21.2. The molecule has 16 rings (SSSR count). The lowest BCUT2D eigenvalue weighted by Crippen LogP contribution is -2.19. The third-order valence-electron chi connectivity index (χ3n) is 15.5. The van der Waals surface area contributed by atoms with Gasteiger partial charge in [0.05, 0.1) is 22.5 Å². The second-order valence-electron chi connectivity index (χ2n) is 18.5. The molecular weight excluding hydrogens is 707 g/mol. The van der Waals surface area contributed by atoms with Crippen LogP contribution < -0.4 is 0 Å². The average molecular weight is 746 g/mol. The second kappa shape index (κ2) is 10.6. The fourth-order valence-corrected chi connectivity index (χ4v) is 12.9. The van der Waals surface area contributed by atoms with E-state index in [-0.39, 0.29) is 29.0 Å². The predicted octanol–water partition coefficient (Wildman–Crippen LogP) is 13.1. The van der Waals surface area contributed by atoms with Crippen molar-refractivity contribution in [1.29, 1.82) is 0 Å². The Hall–Kier alpha value is -6.32. The molecule has 0 saturated heterocycles. The first-order valence-corrected chi connectivity index (χ1v) is 21.2. The van der Waals surface area contributed by atoms with Gasteiger partial charge in [0.2, 0.25) is 0 Å². The number of rotatable bonds is 1. The van der Waals surface area contributed by atoms with Gasteiger partial charge in [0.25, 0.3) is 0 Å². The van der Waals surface area contributed by atoms with Gasteiger partial charge in [-0.15, -0.1) is 0 Å². The van der Waals surface area contributed by atoms with Crippen LogP contribution in [0.3, 0.4) is 0 Å². The highest BCUT2D eigenvalue weighted by Crippen LogP contribution is 2.56. The molecule has 7 aliphatic rings. The number of carbonyl (C=O) groups excluding carboxylic acids is 2. The lowest BCUT2D eigenvalue weighted by atomic mass is 9.72. The normalized spacial score (nSPS) is 21.9. The molecule has 0 radical (unpaired) electrons. The molecule has 0 N–H and O–H groups in total. The van der Waals surface area contributed by atoms with Crippen LogP contribution in [0.5, 0.6) is 0 Å². The second-order valence-corrected chi connectivity index (χ2v) is 18.5. The van der Waals surface area contributed by atoms with Crippen molar-refractivity contribution in [2.45, 2.75) is 62.7 Å². The van der Waals surface area contributed by atoms with Crippen LogP contribution in [0.4, 0.5) is 0 Å². The van der Waals surface area contributed by atoms with Crippen molar-refractivity contribution in [3.8, 4) is 22.3 Å². The fraction of sp³-hybridized carbons (Fsp3) is 0.200. The number of nitrogens with zero attached hydrogens (tertiary/aromatic N) is 1. The molecule has 7 aliphatic carbocycles. The van der Waals surface area contributed by atoms with Crippen molar-refractivity contribution in [2.24, 2.45) is 5.92 Å². The van der Waals surface area contributed by atoms with E-state index in [1.807, 2.05) is 0 Å². The SMILES string of the molecule is CC1(C)c2ccccc2-c2c(-c3cc4c5cc6c(cc5n5c7cc8c(cc7c(c3)c45)C3c4ccccc4C(C8=O)c4ccccc43)C(=O)C3CCC6CC3)cccc21. The molecule has 3 nitrogen and oxygen atoms in total. The number of Topliss-reactive ketones (excluding diaryl/α,β-unsaturated/α-hetero) is 2. The zero-order valence-electron chi connectivity index (χ0n) is 32.5. The minimum absolute atomic E-state index is 0.0363. The minimum atomic E-state index is -0.337. The molecule has 0 atom stereocenters. The largest absolute Gasteiger partial charge is 0.308 e. The topological polar surface area (TPSA) is 38.5 Å². The van der Waals surface area contributed by atoms with Crippen molar-refractivity contribution in [3.63, 3.8) is 0 Å². The van der Waals surface area contributed by atoms with Gasteiger partial charge in [-0.2, -0.15) is 0 Å². The van der Waals surface area contributed by atoms with Crippen molar-refractivity contribution >= 4 is 49.7 Å². The zero-order valence-corrected chi connectivity index (χ0v) is 32.5. The maximum absolute atomic E-state index is 15.1. The standard InChI is InChI=1S/C55H39NO2/c1-55(2)45-16-8-7-14-36(45)50-31(15-9-17-46(50)55)30-22-41-38-24-37-28-18-20-29(21-19-28)53(57)43(37)26-47(38)56-48-27-44-40(25-39(48)42(23-30)52(41)56)49-32-10-3-5-12-34(32)51(54(44)58)35-13-6-4-11-33(35)49/h3-17,22-29,49,51H,18-21H2,1-2H3. The monoisotopic (exact) mass is 745 g/mol. The Morgan fingerprint density at radius 2 is 1.00 bits per heavy atom. The summed E-state index contributed by atoms with van der Waals surface area (Å²) in [5, 5.41) is 4.77. The van der Waals surface area contributed by atoms with Crippen molar-refractivity contribution in [2.75, 3.05) is 0 Å². The van der Waals surface area contributed by atoms with Crippen molar-refractivity contribution in [1.82, 2.24) is 4.40 Å². The first-order chi connectivity index (χ1) is 28.4. The predicted molar refractivity (Wildman–Crippen MR) is 233 cm³/mol. The first kappa shape index (κ1) is 31.7. The Kier molecular flexibility index (Phi) is 5.79. The molecule has 3 heteroatoms. The maximum Gasteiger partial charge on any atom is 0.175 e. The fourth-order valence-electron chi connectivity index (χ4n) is 12.9. The van der Waals surface area contributed by atoms with E-state index in [2.05, 4.69) is 146 Å². The highest BCUT2D eigenvalue weighted by molar-refractivity contribution is 6.26. The Balaban J connectivity index is 1.13. The highest BCUT2D eigenvalue weighted by Gasteiger charge is 2.43. The zero-order chi connectivity index (χ0) is 38.3. The number of carbonyl (C=O) groups is 2. The van der Waals surface area contributed by atoms with Gasteiger partial charge in [0.1, 0.15) is 0 Å². The van der Waals surface area contributed by atoms with E-state index in [0.29, 0.717) is 11.7 Å². The number of aromatic nitrogens is 1. The van der Waals surface area contributed by atoms with Crippen molar-refractivity contribution < 1.29 is 9.59 Å². The van der Waals surface area contributed by atoms with Crippen LogP contribution in [0.2, 0.25) is 0 Å². The quantitative estimate of drug-likeness (QED) is 0.168. The third kappa shape index (κ3) is 3.69. The van der Waals surface area contributed by atoms with Crippen LogP contribution in [0.1, 0.15) is 123 Å². The summed E-state index contributed by atoms with van der Waals surface area (Å²) >= 11 is 0. The summed E-state index contributed by atoms with van der Waals surface area (Å²) in [6, 6.07) is 47.1. The number of benzene rings is 7. The lowest BCUT2D eigenvalue weighted by Gasteiger charge is -2.30. The summed E-state index contributed by atoms with van der Waals surface area (Å²) in [6.07, 6.45) is 4.14. The molecule has 0 spiro atoms. The molecule has 2 heterocycles. The Morgan fingerprint density at radius 1 is 0.466 bits per heavy atom. The van der Waals surface area contributed by atoms with Gasteiger partial charge in [-0.05, 0) is 135 Å². The van der Waals surface area contributed by atoms with Crippen LogP contribution in [-0.2, 0) is 5.41 Å². The van der Waals surface area contributed by atoms with Crippen LogP contribution in [0, 0.1) is 5.92 Å². The number of hydrogen-bond acceptors (Lipinski definition) is 2. The Morgan fingerprint density at radius 3 is 1.67 bits per heavy atom. The van der Waals surface area contributed by atoms with Gasteiger partial charge in [0, 0.05) is 49.9 Å². The van der Waals surface area contributed by atoms with E-state index in [1.54, 1.807) is 0 Å². The molecule has 2 aromatic heterocycles. The maximum atomic E-state index is 15.1. The molecule has 58 heavy (non-hydrogen) atoms. The summed E-state index contributed by atoms with van der Waals surface area (Å²) in [5.41, 5.74) is 19.8. The van der Waals surface area contributed by atoms with Gasteiger partial charge < -0.3 is 4.40 Å². The summed E-state index contributed by atoms with van der Waals surface area (Å²) in [5.74, 6) is 0.651. The molecule has 1 saturated carbocycles. The smallest absolute Gasteiger partial charge is 0.175 e. The van der Waals surface area contributed by atoms with Gasteiger partial charge in [0.15, 0.2) is 11.6 Å². The van der Waals surface area contributed by atoms with Gasteiger partial charge in [-0.3, -0.25) is 9.59 Å². The van der Waals surface area contributed by atoms with E-state index >= 15 is 4.79 Å². The van der Waals surface area contributed by atoms with Crippen LogP contribution >= 0.6 is 0 Å². The highest BCUT2D eigenvalue weighted by atomic mass is 16.1. The summed E-state index contributed by atoms with van der Waals surface area (Å²) in [4.78, 5) is 29.4. The summed E-state index contributed by atoms with van der Waals surface area (Å²) in [7, 11) is 0. The number of fused-ring (bicyclic) bond motifs is 11. The Labute approximate surface area is 336 Å². The molecule has 9 aromatic rings. The van der Waals surface area contributed by atoms with Gasteiger partial charge in [-0.1, -0.05) is 105 Å². The molecule has 0 amide bonds. The third-order valence-corrected chi connectivity index (χ3v) is 15.5. The molecule has 7 aromatic carbocycles. The molecule has 4 bridgehead atoms. The van der Waals surface area contributed by atoms with E-state index in [1.165, 1.54) is 71.7 Å². The minimum Gasteiger partial charge on any atom is -0.308 e. The molecule has 1 fully saturated rings. The van der Waals surface area contributed by atoms with E-state index in [0.717, 1.165) is 69.9 Å². The number of hydrogen-bond donors (Lipinski definition) is 0. The Bertz CT molecular complexity index is 3340. The van der Waals surface area contributed by atoms with Crippen LogP contribution in [0.15, 0.2) is 127 Å². The average Bonchev–Trinajstić information content (AvgIpc) is 3.71. The van der Waals surface area contributed by atoms with Gasteiger partial charge >= 0.3 is 0 Å². The summed E-state index contributed by atoms with van der Waals surface area (Å²) in [6.45, 7) is 4.71. The molecule has 276 valence electrons. The summed E-state index contributed by atoms with van der Waals surface area (Å²) < 4.78 is 2.41. The lowest BCUT2D eigenvalue weighted by molar-refractivity contribution is 0.0897. The van der Waals surface area contributed by atoms with Gasteiger partial charge in [-0.25, -0.2) is 0 Å². The van der Waals surface area contributed by atoms with Crippen molar-refractivity contribution in [3.05, 3.63) is 183 Å². The number of ketones is 2. The molecular formula is C55H39NO2. The van der Waals surface area contributed by atoms with E-state index in [9.17, 15) is 4.79 Å². The van der Waals surface area contributed by atoms with Crippen LogP contribution in [-0.4, -0.2) is 16.0 Å². The van der Waals surface area contributed by atoms with Crippen LogP contribution in [0.25, 0.3) is 60.3 Å². The molecule has 0 aliphatic heterocycles. The molecule has 0 unspecified atom stereocenters. The van der Waals surface area contributed by atoms with E-state index in [4.69, 9.17) is 0 Å².